The fourth-order valence-corrected chi connectivity index (χ4v) is 1.22. The molecule has 0 aliphatic carbocycles. The SMILES string of the molecule is C=CCNCC(=O)Nc1ccc([N+](=O)[O-])cc1O. The van der Waals surface area contributed by atoms with Gasteiger partial charge in [0.1, 0.15) is 5.75 Å². The van der Waals surface area contributed by atoms with Crippen molar-refractivity contribution in [1.29, 1.82) is 0 Å². The lowest BCUT2D eigenvalue weighted by Gasteiger charge is -2.07. The second-order valence-corrected chi connectivity index (χ2v) is 3.43. The summed E-state index contributed by atoms with van der Waals surface area (Å²) in [5.74, 6) is -0.706. The van der Waals surface area contributed by atoms with Crippen molar-refractivity contribution in [2.75, 3.05) is 18.4 Å². The van der Waals surface area contributed by atoms with Crippen LogP contribution in [-0.4, -0.2) is 29.0 Å². The number of rotatable bonds is 6. The zero-order chi connectivity index (χ0) is 13.5. The van der Waals surface area contributed by atoms with Crippen LogP contribution in [0.5, 0.6) is 5.75 Å². The van der Waals surface area contributed by atoms with Crippen LogP contribution in [0.25, 0.3) is 0 Å². The molecular weight excluding hydrogens is 238 g/mol. The van der Waals surface area contributed by atoms with Crippen LogP contribution in [0, 0.1) is 10.1 Å². The van der Waals surface area contributed by atoms with E-state index in [-0.39, 0.29) is 29.6 Å². The van der Waals surface area contributed by atoms with E-state index >= 15 is 0 Å². The van der Waals surface area contributed by atoms with E-state index in [2.05, 4.69) is 17.2 Å². The van der Waals surface area contributed by atoms with Gasteiger partial charge >= 0.3 is 0 Å². The first-order valence-corrected chi connectivity index (χ1v) is 5.13. The van der Waals surface area contributed by atoms with Crippen LogP contribution in [0.15, 0.2) is 30.9 Å². The number of carbonyl (C=O) groups excluding carboxylic acids is 1. The highest BCUT2D eigenvalue weighted by Crippen LogP contribution is 2.27. The first-order chi connectivity index (χ1) is 8.54. The van der Waals surface area contributed by atoms with Crippen LogP contribution in [0.1, 0.15) is 0 Å². The molecule has 1 aromatic carbocycles. The molecule has 1 aromatic rings. The van der Waals surface area contributed by atoms with Gasteiger partial charge in [-0.1, -0.05) is 6.08 Å². The van der Waals surface area contributed by atoms with Crippen LogP contribution in [0.3, 0.4) is 0 Å². The molecule has 0 saturated heterocycles. The first-order valence-electron chi connectivity index (χ1n) is 5.13. The summed E-state index contributed by atoms with van der Waals surface area (Å²) in [5, 5.41) is 25.2. The predicted octanol–water partition coefficient (Wildman–Crippen LogP) is 1.01. The van der Waals surface area contributed by atoms with E-state index in [9.17, 15) is 20.0 Å². The average molecular weight is 251 g/mol. The molecule has 0 atom stereocenters. The van der Waals surface area contributed by atoms with Gasteiger partial charge in [0.05, 0.1) is 23.2 Å². The number of phenols is 1. The maximum atomic E-state index is 11.4. The number of anilines is 1. The Morgan fingerprint density at radius 2 is 2.28 bits per heavy atom. The van der Waals surface area contributed by atoms with E-state index in [4.69, 9.17) is 0 Å². The van der Waals surface area contributed by atoms with Crippen LogP contribution < -0.4 is 10.6 Å². The number of nitro benzene ring substituents is 1. The monoisotopic (exact) mass is 251 g/mol. The Kier molecular flexibility index (Phi) is 4.82. The summed E-state index contributed by atoms with van der Waals surface area (Å²) in [6.07, 6.45) is 1.61. The summed E-state index contributed by atoms with van der Waals surface area (Å²) >= 11 is 0. The molecule has 0 spiro atoms. The second-order valence-electron chi connectivity index (χ2n) is 3.43. The van der Waals surface area contributed by atoms with E-state index < -0.39 is 4.92 Å². The molecular formula is C11H13N3O4. The summed E-state index contributed by atoms with van der Waals surface area (Å²) in [7, 11) is 0. The van der Waals surface area contributed by atoms with Crippen LogP contribution >= 0.6 is 0 Å². The zero-order valence-corrected chi connectivity index (χ0v) is 9.55. The number of hydrogen-bond acceptors (Lipinski definition) is 5. The normalized spacial score (nSPS) is 9.78. The first kappa shape index (κ1) is 13.7. The molecule has 3 N–H and O–H groups in total. The molecule has 0 aliphatic rings. The van der Waals surface area contributed by atoms with Crippen molar-refractivity contribution in [2.45, 2.75) is 0 Å². The van der Waals surface area contributed by atoms with Gasteiger partial charge in [-0.15, -0.1) is 6.58 Å². The standard InChI is InChI=1S/C11H13N3O4/c1-2-5-12-7-11(16)13-9-4-3-8(14(17)18)6-10(9)15/h2-4,6,12,15H,1,5,7H2,(H,13,16). The van der Waals surface area contributed by atoms with E-state index in [0.717, 1.165) is 6.07 Å². The highest BCUT2D eigenvalue weighted by molar-refractivity contribution is 5.93. The van der Waals surface area contributed by atoms with E-state index in [1.54, 1.807) is 6.08 Å². The number of phenolic OH excluding ortho intramolecular Hbond substituents is 1. The summed E-state index contributed by atoms with van der Waals surface area (Å²) in [5.41, 5.74) is -0.110. The molecule has 7 nitrogen and oxygen atoms in total. The minimum Gasteiger partial charge on any atom is -0.506 e. The molecule has 0 fully saturated rings. The molecule has 0 aliphatic heterocycles. The topological polar surface area (TPSA) is 104 Å². The number of nitro groups is 1. The van der Waals surface area contributed by atoms with Crippen molar-refractivity contribution in [3.63, 3.8) is 0 Å². The number of benzene rings is 1. The fourth-order valence-electron chi connectivity index (χ4n) is 1.22. The van der Waals surface area contributed by atoms with Gasteiger partial charge in [-0.05, 0) is 6.07 Å². The van der Waals surface area contributed by atoms with Gasteiger partial charge < -0.3 is 15.7 Å². The van der Waals surface area contributed by atoms with Gasteiger partial charge in [-0.25, -0.2) is 0 Å². The number of amides is 1. The lowest BCUT2D eigenvalue weighted by atomic mass is 10.2. The van der Waals surface area contributed by atoms with Gasteiger partial charge in [0.25, 0.3) is 5.69 Å². The molecule has 18 heavy (non-hydrogen) atoms. The van der Waals surface area contributed by atoms with Gasteiger partial charge in [0, 0.05) is 12.6 Å². The Morgan fingerprint density at radius 3 is 2.83 bits per heavy atom. The Hall–Kier alpha value is -2.41. The van der Waals surface area contributed by atoms with Crippen molar-refractivity contribution in [3.05, 3.63) is 41.0 Å². The largest absolute Gasteiger partial charge is 0.506 e. The van der Waals surface area contributed by atoms with Crippen molar-refractivity contribution < 1.29 is 14.8 Å². The molecule has 0 unspecified atom stereocenters. The number of hydrogen-bond donors (Lipinski definition) is 3. The van der Waals surface area contributed by atoms with Gasteiger partial charge in [-0.2, -0.15) is 0 Å². The number of aromatic hydroxyl groups is 1. The molecule has 96 valence electrons. The minimum atomic E-state index is -0.628. The molecule has 1 rings (SSSR count). The quantitative estimate of drug-likeness (QED) is 0.230. The third-order valence-corrected chi connectivity index (χ3v) is 2.04. The van der Waals surface area contributed by atoms with Crippen molar-refractivity contribution in [2.24, 2.45) is 0 Å². The molecule has 0 radical (unpaired) electrons. The molecule has 7 heteroatoms. The summed E-state index contributed by atoms with van der Waals surface area (Å²) in [6.45, 7) is 4.03. The summed E-state index contributed by atoms with van der Waals surface area (Å²) in [4.78, 5) is 21.2. The molecule has 0 aromatic heterocycles. The second kappa shape index (κ2) is 6.36. The average Bonchev–Trinajstić information content (AvgIpc) is 2.32. The fraction of sp³-hybridized carbons (Fsp3) is 0.182. The van der Waals surface area contributed by atoms with E-state index in [0.29, 0.717) is 6.54 Å². The highest BCUT2D eigenvalue weighted by Gasteiger charge is 2.11. The Bertz CT molecular complexity index is 473. The molecule has 0 saturated carbocycles. The Balaban J connectivity index is 2.65. The summed E-state index contributed by atoms with van der Waals surface area (Å²) < 4.78 is 0. The van der Waals surface area contributed by atoms with Crippen molar-refractivity contribution >= 4 is 17.3 Å². The van der Waals surface area contributed by atoms with Crippen LogP contribution in [-0.2, 0) is 4.79 Å². The van der Waals surface area contributed by atoms with Gasteiger partial charge in [0.15, 0.2) is 0 Å². The number of non-ortho nitro benzene ring substituents is 1. The Morgan fingerprint density at radius 1 is 1.56 bits per heavy atom. The third-order valence-electron chi connectivity index (χ3n) is 2.04. The lowest BCUT2D eigenvalue weighted by Crippen LogP contribution is -2.28. The summed E-state index contributed by atoms with van der Waals surface area (Å²) in [6, 6.07) is 3.46. The van der Waals surface area contributed by atoms with Crippen LogP contribution in [0.2, 0.25) is 0 Å². The van der Waals surface area contributed by atoms with Crippen LogP contribution in [0.4, 0.5) is 11.4 Å². The predicted molar refractivity (Wildman–Crippen MR) is 66.5 cm³/mol. The van der Waals surface area contributed by atoms with Gasteiger partial charge in [0.2, 0.25) is 5.91 Å². The van der Waals surface area contributed by atoms with Crippen molar-refractivity contribution in [3.8, 4) is 5.75 Å². The maximum Gasteiger partial charge on any atom is 0.273 e. The lowest BCUT2D eigenvalue weighted by molar-refractivity contribution is -0.384. The van der Waals surface area contributed by atoms with Crippen molar-refractivity contribution in [1.82, 2.24) is 5.32 Å². The number of nitrogens with zero attached hydrogens (tertiary/aromatic N) is 1. The highest BCUT2D eigenvalue weighted by atomic mass is 16.6. The number of nitrogens with one attached hydrogen (secondary N) is 2. The Labute approximate surface area is 103 Å². The third kappa shape index (κ3) is 3.87. The van der Waals surface area contributed by atoms with E-state index in [1.165, 1.54) is 12.1 Å². The number of carbonyl (C=O) groups is 1. The van der Waals surface area contributed by atoms with E-state index in [1.807, 2.05) is 0 Å². The maximum absolute atomic E-state index is 11.4. The zero-order valence-electron chi connectivity index (χ0n) is 9.55. The van der Waals surface area contributed by atoms with Gasteiger partial charge in [-0.3, -0.25) is 14.9 Å². The molecule has 0 heterocycles. The molecule has 1 amide bonds. The minimum absolute atomic E-state index is 0.0580. The molecule has 0 bridgehead atoms. The smallest absolute Gasteiger partial charge is 0.273 e.